The maximum Gasteiger partial charge on any atom is 0.253 e. The molecule has 0 unspecified atom stereocenters. The van der Waals surface area contributed by atoms with Gasteiger partial charge >= 0.3 is 0 Å². The summed E-state index contributed by atoms with van der Waals surface area (Å²) in [5.74, 6) is 2.67. The Morgan fingerprint density at radius 3 is 2.96 bits per heavy atom. The van der Waals surface area contributed by atoms with Crippen molar-refractivity contribution in [2.75, 3.05) is 13.7 Å². The summed E-state index contributed by atoms with van der Waals surface area (Å²) in [6.07, 6.45) is 5.24. The van der Waals surface area contributed by atoms with Crippen LogP contribution >= 0.6 is 0 Å². The highest BCUT2D eigenvalue weighted by Crippen LogP contribution is 2.21. The van der Waals surface area contributed by atoms with Gasteiger partial charge in [-0.2, -0.15) is 0 Å². The third-order valence-electron chi connectivity index (χ3n) is 5.28. The van der Waals surface area contributed by atoms with Crippen LogP contribution in [0.25, 0.3) is 10.9 Å². The van der Waals surface area contributed by atoms with Gasteiger partial charge in [0.25, 0.3) is 5.91 Å². The molecular weight excluding hydrogens is 354 g/mol. The van der Waals surface area contributed by atoms with Gasteiger partial charge in [-0.3, -0.25) is 9.78 Å². The highest BCUT2D eigenvalue weighted by molar-refractivity contribution is 5.98. The molecule has 7 nitrogen and oxygen atoms in total. The molecule has 0 bridgehead atoms. The van der Waals surface area contributed by atoms with Crippen LogP contribution in [-0.2, 0) is 19.4 Å². The van der Waals surface area contributed by atoms with E-state index in [9.17, 15) is 4.79 Å². The summed E-state index contributed by atoms with van der Waals surface area (Å²) in [7, 11) is 1.63. The minimum Gasteiger partial charge on any atom is -0.497 e. The Bertz CT molecular complexity index is 1010. The zero-order valence-electron chi connectivity index (χ0n) is 16.4. The average molecular weight is 379 g/mol. The standard InChI is InChI=1S/C21H25N5O2/c1-14-17(12-15-7-8-16(28-2)13-18(15)23-14)21(27)22-10-9-20-25-24-19-6-4-3-5-11-26(19)20/h7-8,12-13H,3-6,9-11H2,1-2H3,(H,22,27). The largest absolute Gasteiger partial charge is 0.497 e. The van der Waals surface area contributed by atoms with Gasteiger partial charge in [0.05, 0.1) is 23.9 Å². The highest BCUT2D eigenvalue weighted by Gasteiger charge is 2.16. The molecule has 0 saturated heterocycles. The molecule has 4 rings (SSSR count). The Kier molecular flexibility index (Phi) is 5.23. The number of hydrogen-bond acceptors (Lipinski definition) is 5. The number of rotatable bonds is 5. The summed E-state index contributed by atoms with van der Waals surface area (Å²) in [5.41, 5.74) is 2.12. The smallest absolute Gasteiger partial charge is 0.253 e. The van der Waals surface area contributed by atoms with E-state index in [0.717, 1.165) is 47.7 Å². The molecule has 3 aromatic rings. The van der Waals surface area contributed by atoms with Gasteiger partial charge < -0.3 is 14.6 Å². The molecule has 146 valence electrons. The second-order valence-electron chi connectivity index (χ2n) is 7.18. The number of nitrogens with one attached hydrogen (secondary N) is 1. The molecule has 1 aromatic carbocycles. The second kappa shape index (κ2) is 7.96. The van der Waals surface area contributed by atoms with Gasteiger partial charge in [0.1, 0.15) is 17.4 Å². The number of fused-ring (bicyclic) bond motifs is 2. The fraction of sp³-hybridized carbons (Fsp3) is 0.429. The summed E-state index contributed by atoms with van der Waals surface area (Å²) in [5, 5.41) is 12.6. The predicted molar refractivity (Wildman–Crippen MR) is 107 cm³/mol. The van der Waals surface area contributed by atoms with Gasteiger partial charge in [-0.05, 0) is 38.0 Å². The van der Waals surface area contributed by atoms with Crippen LogP contribution in [0.2, 0.25) is 0 Å². The van der Waals surface area contributed by atoms with Crippen LogP contribution in [0.15, 0.2) is 24.3 Å². The van der Waals surface area contributed by atoms with E-state index < -0.39 is 0 Å². The molecule has 1 N–H and O–H groups in total. The van der Waals surface area contributed by atoms with Gasteiger partial charge in [-0.1, -0.05) is 6.42 Å². The van der Waals surface area contributed by atoms with Crippen molar-refractivity contribution in [1.82, 2.24) is 25.1 Å². The molecule has 0 fully saturated rings. The van der Waals surface area contributed by atoms with Crippen molar-refractivity contribution in [3.63, 3.8) is 0 Å². The minimum absolute atomic E-state index is 0.113. The Labute approximate surface area is 164 Å². The Morgan fingerprint density at radius 2 is 2.11 bits per heavy atom. The Hall–Kier alpha value is -2.96. The lowest BCUT2D eigenvalue weighted by molar-refractivity contribution is 0.0953. The van der Waals surface area contributed by atoms with Gasteiger partial charge in [-0.25, -0.2) is 0 Å². The predicted octanol–water partition coefficient (Wildman–Crippen LogP) is 2.84. The van der Waals surface area contributed by atoms with Gasteiger partial charge in [0.2, 0.25) is 0 Å². The monoisotopic (exact) mass is 379 g/mol. The van der Waals surface area contributed by atoms with Crippen LogP contribution < -0.4 is 10.1 Å². The lowest BCUT2D eigenvalue weighted by atomic mass is 10.1. The lowest BCUT2D eigenvalue weighted by Gasteiger charge is -2.10. The summed E-state index contributed by atoms with van der Waals surface area (Å²) >= 11 is 0. The van der Waals surface area contributed by atoms with Crippen LogP contribution in [0, 0.1) is 6.92 Å². The van der Waals surface area contributed by atoms with E-state index in [2.05, 4.69) is 25.1 Å². The van der Waals surface area contributed by atoms with Crippen molar-refractivity contribution in [3.05, 3.63) is 47.2 Å². The fourth-order valence-electron chi connectivity index (χ4n) is 3.71. The minimum atomic E-state index is -0.113. The summed E-state index contributed by atoms with van der Waals surface area (Å²) in [6, 6.07) is 7.55. The van der Waals surface area contributed by atoms with Crippen LogP contribution in [-0.4, -0.2) is 39.3 Å². The maximum absolute atomic E-state index is 12.7. The van der Waals surface area contributed by atoms with E-state index in [4.69, 9.17) is 4.74 Å². The number of carbonyl (C=O) groups excluding carboxylic acids is 1. The number of nitrogens with zero attached hydrogens (tertiary/aromatic N) is 4. The molecule has 28 heavy (non-hydrogen) atoms. The first-order valence-electron chi connectivity index (χ1n) is 9.80. The first kappa shape index (κ1) is 18.4. The number of aryl methyl sites for hydroxylation is 2. The third-order valence-corrected chi connectivity index (χ3v) is 5.28. The summed E-state index contributed by atoms with van der Waals surface area (Å²) < 4.78 is 7.46. The fourth-order valence-corrected chi connectivity index (χ4v) is 3.71. The average Bonchev–Trinajstić information content (AvgIpc) is 2.93. The first-order valence-corrected chi connectivity index (χ1v) is 9.80. The van der Waals surface area contributed by atoms with Crippen molar-refractivity contribution in [3.8, 4) is 5.75 Å². The van der Waals surface area contributed by atoms with Gasteiger partial charge in [-0.15, -0.1) is 10.2 Å². The van der Waals surface area contributed by atoms with E-state index in [-0.39, 0.29) is 5.91 Å². The number of ether oxygens (including phenoxy) is 1. The molecule has 1 amide bonds. The topological polar surface area (TPSA) is 81.9 Å². The van der Waals surface area contributed by atoms with E-state index in [0.29, 0.717) is 24.2 Å². The molecule has 2 aromatic heterocycles. The summed E-state index contributed by atoms with van der Waals surface area (Å²) in [6.45, 7) is 3.35. The Balaban J connectivity index is 1.44. The third kappa shape index (κ3) is 3.69. The molecular formula is C21H25N5O2. The molecule has 7 heteroatoms. The number of benzene rings is 1. The molecule has 3 heterocycles. The zero-order chi connectivity index (χ0) is 19.5. The maximum atomic E-state index is 12.7. The number of carbonyl (C=O) groups is 1. The summed E-state index contributed by atoms with van der Waals surface area (Å²) in [4.78, 5) is 17.2. The van der Waals surface area contributed by atoms with Crippen molar-refractivity contribution >= 4 is 16.8 Å². The van der Waals surface area contributed by atoms with Crippen molar-refractivity contribution < 1.29 is 9.53 Å². The van der Waals surface area contributed by atoms with Crippen LogP contribution in [0.5, 0.6) is 5.75 Å². The number of pyridine rings is 1. The van der Waals surface area contributed by atoms with E-state index in [1.165, 1.54) is 12.8 Å². The van der Waals surface area contributed by atoms with E-state index in [1.807, 2.05) is 31.2 Å². The zero-order valence-corrected chi connectivity index (χ0v) is 16.4. The van der Waals surface area contributed by atoms with Crippen molar-refractivity contribution in [1.29, 1.82) is 0 Å². The number of hydrogen-bond donors (Lipinski definition) is 1. The molecule has 0 atom stereocenters. The van der Waals surface area contributed by atoms with E-state index >= 15 is 0 Å². The quantitative estimate of drug-likeness (QED) is 0.737. The van der Waals surface area contributed by atoms with Gasteiger partial charge in [0.15, 0.2) is 0 Å². The first-order chi connectivity index (χ1) is 13.7. The number of amides is 1. The normalized spacial score (nSPS) is 13.8. The molecule has 1 aliphatic heterocycles. The molecule has 0 radical (unpaired) electrons. The number of methoxy groups -OCH3 is 1. The highest BCUT2D eigenvalue weighted by atomic mass is 16.5. The van der Waals surface area contributed by atoms with Gasteiger partial charge in [0, 0.05) is 37.4 Å². The molecule has 0 spiro atoms. The number of aromatic nitrogens is 4. The van der Waals surface area contributed by atoms with Crippen molar-refractivity contribution in [2.45, 2.75) is 45.6 Å². The second-order valence-corrected chi connectivity index (χ2v) is 7.18. The van der Waals surface area contributed by atoms with Crippen LogP contribution in [0.4, 0.5) is 0 Å². The molecule has 1 aliphatic rings. The van der Waals surface area contributed by atoms with Crippen molar-refractivity contribution in [2.24, 2.45) is 0 Å². The SMILES string of the molecule is COc1ccc2cc(C(=O)NCCc3nnc4n3CCCCC4)c(C)nc2c1. The van der Waals surface area contributed by atoms with E-state index in [1.54, 1.807) is 7.11 Å². The van der Waals surface area contributed by atoms with Crippen LogP contribution in [0.1, 0.15) is 47.0 Å². The molecule has 0 saturated carbocycles. The van der Waals surface area contributed by atoms with Crippen LogP contribution in [0.3, 0.4) is 0 Å². The Morgan fingerprint density at radius 1 is 1.21 bits per heavy atom. The molecule has 0 aliphatic carbocycles. The lowest BCUT2D eigenvalue weighted by Crippen LogP contribution is -2.27.